The molecule has 1 aliphatic rings. The third-order valence-electron chi connectivity index (χ3n) is 4.61. The third-order valence-corrected chi connectivity index (χ3v) is 4.85. The number of amides is 1. The molecule has 4 rings (SSSR count). The van der Waals surface area contributed by atoms with Crippen LogP contribution < -0.4 is 0 Å². The van der Waals surface area contributed by atoms with E-state index in [1.165, 1.54) is 6.42 Å². The maximum absolute atomic E-state index is 12.4. The molecule has 5 heteroatoms. The van der Waals surface area contributed by atoms with Crippen LogP contribution in [0, 0.1) is 0 Å². The minimum atomic E-state index is 0.212. The molecule has 1 saturated heterocycles. The number of fused-ring (bicyclic) bond motifs is 1. The van der Waals surface area contributed by atoms with Crippen molar-refractivity contribution >= 4 is 28.6 Å². The molecule has 0 N–H and O–H groups in total. The Morgan fingerprint density at radius 3 is 2.60 bits per heavy atom. The highest BCUT2D eigenvalue weighted by Gasteiger charge is 2.17. The Bertz CT molecular complexity index is 896. The van der Waals surface area contributed by atoms with Crippen molar-refractivity contribution in [3.63, 3.8) is 0 Å². The number of hydrogen-bond acceptors (Lipinski definition) is 3. The molecule has 0 radical (unpaired) electrons. The Balaban J connectivity index is 1.49. The maximum Gasteiger partial charge on any atom is 0.227 e. The highest BCUT2D eigenvalue weighted by Crippen LogP contribution is 2.26. The van der Waals surface area contributed by atoms with Gasteiger partial charge in [0.1, 0.15) is 5.52 Å². The maximum atomic E-state index is 12.4. The van der Waals surface area contributed by atoms with E-state index >= 15 is 0 Å². The monoisotopic (exact) mass is 354 g/mol. The van der Waals surface area contributed by atoms with E-state index in [1.54, 1.807) is 12.1 Å². The SMILES string of the molecule is O=C(Cc1ccc(-c2nc3cc(Cl)ccc3o2)cc1)N1CCCCC1. The molecular formula is C20H19ClN2O2. The van der Waals surface area contributed by atoms with Crippen molar-refractivity contribution in [2.75, 3.05) is 13.1 Å². The van der Waals surface area contributed by atoms with Gasteiger partial charge in [-0.2, -0.15) is 0 Å². The molecule has 0 bridgehead atoms. The van der Waals surface area contributed by atoms with Gasteiger partial charge in [-0.1, -0.05) is 23.7 Å². The first-order chi connectivity index (χ1) is 12.2. The van der Waals surface area contributed by atoms with E-state index in [1.807, 2.05) is 35.2 Å². The second-order valence-corrected chi connectivity index (χ2v) is 6.88. The number of nitrogens with zero attached hydrogens (tertiary/aromatic N) is 2. The lowest BCUT2D eigenvalue weighted by Crippen LogP contribution is -2.36. The number of carbonyl (C=O) groups is 1. The highest BCUT2D eigenvalue weighted by molar-refractivity contribution is 6.31. The molecule has 0 saturated carbocycles. The largest absolute Gasteiger partial charge is 0.436 e. The van der Waals surface area contributed by atoms with Crippen LogP contribution in [0.1, 0.15) is 24.8 Å². The summed E-state index contributed by atoms with van der Waals surface area (Å²) < 4.78 is 5.78. The Morgan fingerprint density at radius 1 is 1.08 bits per heavy atom. The van der Waals surface area contributed by atoms with Crippen LogP contribution in [0.3, 0.4) is 0 Å². The molecule has 0 spiro atoms. The standard InChI is InChI=1S/C20H19ClN2O2/c21-16-8-9-18-17(13-16)22-20(25-18)15-6-4-14(5-7-15)12-19(24)23-10-2-1-3-11-23/h4-9,13H,1-3,10-12H2. The van der Waals surface area contributed by atoms with Gasteiger partial charge >= 0.3 is 0 Å². The van der Waals surface area contributed by atoms with Crippen molar-refractivity contribution < 1.29 is 9.21 Å². The Kier molecular flexibility index (Phi) is 4.45. The summed E-state index contributed by atoms with van der Waals surface area (Å²) in [7, 11) is 0. The first-order valence-electron chi connectivity index (χ1n) is 8.62. The van der Waals surface area contributed by atoms with Crippen LogP contribution in [-0.2, 0) is 11.2 Å². The fourth-order valence-corrected chi connectivity index (χ4v) is 3.39. The van der Waals surface area contributed by atoms with Crippen LogP contribution in [0.2, 0.25) is 5.02 Å². The molecule has 1 aromatic heterocycles. The molecule has 0 aliphatic carbocycles. The molecule has 0 unspecified atom stereocenters. The van der Waals surface area contributed by atoms with Gasteiger partial charge in [-0.25, -0.2) is 4.98 Å². The van der Waals surface area contributed by atoms with E-state index in [4.69, 9.17) is 16.0 Å². The molecule has 25 heavy (non-hydrogen) atoms. The fourth-order valence-electron chi connectivity index (χ4n) is 3.22. The van der Waals surface area contributed by atoms with Crippen molar-refractivity contribution in [3.8, 4) is 11.5 Å². The van der Waals surface area contributed by atoms with Crippen molar-refractivity contribution in [2.45, 2.75) is 25.7 Å². The number of aromatic nitrogens is 1. The van der Waals surface area contributed by atoms with Crippen LogP contribution in [0.4, 0.5) is 0 Å². The summed E-state index contributed by atoms with van der Waals surface area (Å²) in [6, 6.07) is 13.2. The Morgan fingerprint density at radius 2 is 1.84 bits per heavy atom. The van der Waals surface area contributed by atoms with Gasteiger partial charge in [0.25, 0.3) is 0 Å². The zero-order chi connectivity index (χ0) is 17.2. The molecule has 1 fully saturated rings. The third kappa shape index (κ3) is 3.54. The number of hydrogen-bond donors (Lipinski definition) is 0. The van der Waals surface area contributed by atoms with E-state index < -0.39 is 0 Å². The topological polar surface area (TPSA) is 46.3 Å². The number of carbonyl (C=O) groups excluding carboxylic acids is 1. The van der Waals surface area contributed by atoms with Crippen molar-refractivity contribution in [2.24, 2.45) is 0 Å². The van der Waals surface area contributed by atoms with Crippen molar-refractivity contribution in [1.29, 1.82) is 0 Å². The second kappa shape index (κ2) is 6.89. The molecule has 1 amide bonds. The summed E-state index contributed by atoms with van der Waals surface area (Å²) in [6.07, 6.45) is 3.91. The molecule has 3 aromatic rings. The molecular weight excluding hydrogens is 336 g/mol. The molecule has 2 aromatic carbocycles. The Hall–Kier alpha value is -2.33. The van der Waals surface area contributed by atoms with Crippen LogP contribution >= 0.6 is 11.6 Å². The summed E-state index contributed by atoms with van der Waals surface area (Å²) in [4.78, 5) is 18.8. The van der Waals surface area contributed by atoms with E-state index in [-0.39, 0.29) is 5.91 Å². The van der Waals surface area contributed by atoms with Gasteiger partial charge in [0.05, 0.1) is 6.42 Å². The predicted octanol–water partition coefficient (Wildman–Crippen LogP) is 4.70. The summed E-state index contributed by atoms with van der Waals surface area (Å²) >= 11 is 5.99. The summed E-state index contributed by atoms with van der Waals surface area (Å²) in [6.45, 7) is 1.78. The average molecular weight is 355 g/mol. The summed E-state index contributed by atoms with van der Waals surface area (Å²) in [5.41, 5.74) is 3.36. The number of rotatable bonds is 3. The van der Waals surface area contributed by atoms with Crippen LogP contribution in [-0.4, -0.2) is 28.9 Å². The molecule has 4 nitrogen and oxygen atoms in total. The quantitative estimate of drug-likeness (QED) is 0.684. The number of halogens is 1. The lowest BCUT2D eigenvalue weighted by molar-refractivity contribution is -0.131. The van der Waals surface area contributed by atoms with Gasteiger partial charge < -0.3 is 9.32 Å². The smallest absolute Gasteiger partial charge is 0.227 e. The normalized spacial score (nSPS) is 14.8. The number of oxazole rings is 1. The van der Waals surface area contributed by atoms with Gasteiger partial charge in [0.15, 0.2) is 5.58 Å². The molecule has 2 heterocycles. The van der Waals surface area contributed by atoms with Crippen LogP contribution in [0.5, 0.6) is 0 Å². The number of benzene rings is 2. The molecule has 0 atom stereocenters. The highest BCUT2D eigenvalue weighted by atomic mass is 35.5. The van der Waals surface area contributed by atoms with E-state index in [0.29, 0.717) is 22.9 Å². The van der Waals surface area contributed by atoms with Gasteiger partial charge in [-0.05, 0) is 55.2 Å². The first kappa shape index (κ1) is 16.2. The second-order valence-electron chi connectivity index (χ2n) is 6.45. The zero-order valence-corrected chi connectivity index (χ0v) is 14.6. The average Bonchev–Trinajstić information content (AvgIpc) is 3.06. The van der Waals surface area contributed by atoms with Gasteiger partial charge in [0, 0.05) is 23.7 Å². The summed E-state index contributed by atoms with van der Waals surface area (Å²) in [5, 5.41) is 0.638. The molecule has 128 valence electrons. The van der Waals surface area contributed by atoms with Crippen LogP contribution in [0.15, 0.2) is 46.9 Å². The minimum Gasteiger partial charge on any atom is -0.436 e. The number of piperidine rings is 1. The van der Waals surface area contributed by atoms with Gasteiger partial charge in [0.2, 0.25) is 11.8 Å². The summed E-state index contributed by atoms with van der Waals surface area (Å²) in [5.74, 6) is 0.773. The van der Waals surface area contributed by atoms with E-state index in [9.17, 15) is 4.79 Å². The van der Waals surface area contributed by atoms with Gasteiger partial charge in [-0.3, -0.25) is 4.79 Å². The molecule has 1 aliphatic heterocycles. The predicted molar refractivity (Wildman–Crippen MR) is 98.6 cm³/mol. The minimum absolute atomic E-state index is 0.212. The van der Waals surface area contributed by atoms with E-state index in [0.717, 1.165) is 42.6 Å². The van der Waals surface area contributed by atoms with Gasteiger partial charge in [-0.15, -0.1) is 0 Å². The zero-order valence-electron chi connectivity index (χ0n) is 13.9. The lowest BCUT2D eigenvalue weighted by atomic mass is 10.1. The lowest BCUT2D eigenvalue weighted by Gasteiger charge is -2.26. The van der Waals surface area contributed by atoms with Crippen molar-refractivity contribution in [1.82, 2.24) is 9.88 Å². The van der Waals surface area contributed by atoms with Crippen molar-refractivity contribution in [3.05, 3.63) is 53.1 Å². The van der Waals surface area contributed by atoms with E-state index in [2.05, 4.69) is 4.98 Å². The first-order valence-corrected chi connectivity index (χ1v) is 9.00. The fraction of sp³-hybridized carbons (Fsp3) is 0.300. The Labute approximate surface area is 151 Å². The van der Waals surface area contributed by atoms with Crippen LogP contribution in [0.25, 0.3) is 22.6 Å². The number of likely N-dealkylation sites (tertiary alicyclic amines) is 1.